The van der Waals surface area contributed by atoms with E-state index in [1.165, 1.54) is 23.4 Å². The quantitative estimate of drug-likeness (QED) is 0.402. The van der Waals surface area contributed by atoms with Crippen LogP contribution in [0.2, 0.25) is 0 Å². The monoisotopic (exact) mass is 448 g/mol. The van der Waals surface area contributed by atoms with Crippen molar-refractivity contribution in [3.05, 3.63) is 77.7 Å². The highest BCUT2D eigenvalue weighted by molar-refractivity contribution is 5.73. The second-order valence-corrected chi connectivity index (χ2v) is 9.65. The van der Waals surface area contributed by atoms with Crippen LogP contribution in [0.4, 0.5) is 5.69 Å². The maximum absolute atomic E-state index is 9.14. The van der Waals surface area contributed by atoms with Crippen LogP contribution in [0.15, 0.2) is 60.9 Å². The number of hydrogen-bond acceptors (Lipinski definition) is 4. The van der Waals surface area contributed by atoms with Crippen molar-refractivity contribution in [2.75, 3.05) is 32.1 Å². The first kappa shape index (κ1) is 20.8. The van der Waals surface area contributed by atoms with Crippen LogP contribution in [0, 0.1) is 18.3 Å². The summed E-state index contributed by atoms with van der Waals surface area (Å²) in [5.74, 6) is 0.970. The van der Waals surface area contributed by atoms with E-state index in [1.807, 2.05) is 30.5 Å². The van der Waals surface area contributed by atoms with Gasteiger partial charge in [-0.2, -0.15) is 5.26 Å². The Morgan fingerprint density at radius 2 is 1.88 bits per heavy atom. The van der Waals surface area contributed by atoms with E-state index in [0.717, 1.165) is 48.0 Å². The third kappa shape index (κ3) is 3.32. The molecule has 1 unspecified atom stereocenters. The number of likely N-dealkylation sites (N-methyl/N-ethyl adjacent to an activating group) is 1. The zero-order chi connectivity index (χ0) is 23.4. The van der Waals surface area contributed by atoms with E-state index in [4.69, 9.17) is 10.2 Å². The van der Waals surface area contributed by atoms with Crippen LogP contribution in [0.5, 0.6) is 0 Å². The van der Waals surface area contributed by atoms with Gasteiger partial charge in [-0.25, -0.2) is 4.98 Å². The molecule has 2 aliphatic rings. The number of nitrogens with zero attached hydrogens (tertiary/aromatic N) is 6. The molecule has 2 aliphatic heterocycles. The van der Waals surface area contributed by atoms with Crippen LogP contribution in [-0.4, -0.2) is 52.2 Å². The van der Waals surface area contributed by atoms with Gasteiger partial charge in [0.25, 0.3) is 0 Å². The molecule has 2 aromatic heterocycles. The van der Waals surface area contributed by atoms with Crippen molar-refractivity contribution in [2.24, 2.45) is 0 Å². The Hall–Kier alpha value is -3.82. The van der Waals surface area contributed by atoms with Gasteiger partial charge in [-0.05, 0) is 75.0 Å². The Morgan fingerprint density at radius 3 is 2.62 bits per heavy atom. The number of benzene rings is 2. The number of imidazole rings is 1. The minimum Gasteiger partial charge on any atom is -0.370 e. The molecule has 0 radical (unpaired) electrons. The molecule has 4 heterocycles. The number of fused-ring (bicyclic) bond motifs is 5. The topological polar surface area (TPSA) is 53.0 Å². The molecule has 0 aliphatic carbocycles. The average molecular weight is 449 g/mol. The molecular formula is C28H28N6. The summed E-state index contributed by atoms with van der Waals surface area (Å²) in [4.78, 5) is 9.65. The van der Waals surface area contributed by atoms with Crippen molar-refractivity contribution in [2.45, 2.75) is 25.9 Å². The van der Waals surface area contributed by atoms with Gasteiger partial charge in [-0.15, -0.1) is 0 Å². The maximum atomic E-state index is 9.14. The molecule has 0 bridgehead atoms. The van der Waals surface area contributed by atoms with Gasteiger partial charge >= 0.3 is 0 Å². The maximum Gasteiger partial charge on any atom is 0.161 e. The van der Waals surface area contributed by atoms with E-state index in [1.54, 1.807) is 0 Å². The molecule has 34 heavy (non-hydrogen) atoms. The molecule has 2 aromatic carbocycles. The molecular weight excluding hydrogens is 420 g/mol. The van der Waals surface area contributed by atoms with Crippen LogP contribution >= 0.6 is 0 Å². The molecule has 1 atom stereocenters. The summed E-state index contributed by atoms with van der Waals surface area (Å²) >= 11 is 0. The molecule has 0 N–H and O–H groups in total. The molecule has 170 valence electrons. The Morgan fingerprint density at radius 1 is 1.06 bits per heavy atom. The zero-order valence-electron chi connectivity index (χ0n) is 19.9. The highest BCUT2D eigenvalue weighted by Gasteiger charge is 2.27. The lowest BCUT2D eigenvalue weighted by Crippen LogP contribution is -2.31. The summed E-state index contributed by atoms with van der Waals surface area (Å²) in [6, 6.07) is 19.7. The largest absolute Gasteiger partial charge is 0.370 e. The third-order valence-electron chi connectivity index (χ3n) is 7.31. The summed E-state index contributed by atoms with van der Waals surface area (Å²) in [6.45, 7) is 5.08. The van der Waals surface area contributed by atoms with Crippen molar-refractivity contribution in [3.8, 4) is 34.4 Å². The Labute approximate surface area is 200 Å². The number of anilines is 1. The van der Waals surface area contributed by atoms with Gasteiger partial charge in [0.05, 0.1) is 23.0 Å². The lowest BCUT2D eigenvalue weighted by Gasteiger charge is -2.23. The lowest BCUT2D eigenvalue weighted by molar-refractivity contribution is 0.315. The summed E-state index contributed by atoms with van der Waals surface area (Å²) in [5, 5.41) is 9.14. The average Bonchev–Trinajstić information content (AvgIpc) is 3.57. The van der Waals surface area contributed by atoms with Crippen LogP contribution in [-0.2, 0) is 6.54 Å². The van der Waals surface area contributed by atoms with Crippen molar-refractivity contribution in [1.29, 1.82) is 5.26 Å². The third-order valence-corrected chi connectivity index (χ3v) is 7.31. The number of aromatic nitrogens is 3. The fourth-order valence-electron chi connectivity index (χ4n) is 5.34. The summed E-state index contributed by atoms with van der Waals surface area (Å²) in [7, 11) is 4.35. The van der Waals surface area contributed by atoms with Crippen LogP contribution in [0.25, 0.3) is 28.3 Å². The van der Waals surface area contributed by atoms with Gasteiger partial charge in [0.1, 0.15) is 0 Å². The predicted octanol–water partition coefficient (Wildman–Crippen LogP) is 4.69. The molecule has 6 heteroatoms. The van der Waals surface area contributed by atoms with Gasteiger partial charge in [-0.1, -0.05) is 12.1 Å². The van der Waals surface area contributed by atoms with Crippen LogP contribution in [0.3, 0.4) is 0 Å². The molecule has 6 nitrogen and oxygen atoms in total. The molecule has 0 spiro atoms. The standard InChI is InChI=1S/C28H28N6/c1-19-15-30-28-27-13-22(21-6-4-20(14-29)5-7-21)16-33(27)17-23-12-24(8-9-26(23)34(19)28)32-11-10-25(18-32)31(2)3/h4-9,12-13,15-16,25H,10-11,17-18H2,1-3H3. The lowest BCUT2D eigenvalue weighted by atomic mass is 10.1. The first-order valence-corrected chi connectivity index (χ1v) is 11.8. The number of rotatable bonds is 3. The van der Waals surface area contributed by atoms with E-state index in [0.29, 0.717) is 11.6 Å². The van der Waals surface area contributed by atoms with E-state index in [9.17, 15) is 0 Å². The first-order valence-electron chi connectivity index (χ1n) is 11.8. The molecule has 1 fully saturated rings. The summed E-state index contributed by atoms with van der Waals surface area (Å²) in [6.07, 6.45) is 5.37. The second-order valence-electron chi connectivity index (χ2n) is 9.65. The van der Waals surface area contributed by atoms with Crippen molar-refractivity contribution in [3.63, 3.8) is 0 Å². The van der Waals surface area contributed by atoms with Gasteiger partial charge in [0, 0.05) is 55.0 Å². The second kappa shape index (κ2) is 7.89. The smallest absolute Gasteiger partial charge is 0.161 e. The van der Waals surface area contributed by atoms with E-state index in [2.05, 4.69) is 76.5 Å². The zero-order valence-corrected chi connectivity index (χ0v) is 19.9. The molecule has 0 amide bonds. The van der Waals surface area contributed by atoms with E-state index in [-0.39, 0.29) is 0 Å². The normalized spacial score (nSPS) is 16.7. The SMILES string of the molecule is Cc1cnc2n1-c1ccc(N3CCC(N(C)C)C3)cc1Cn1cc(-c3ccc(C#N)cc3)cc1-2. The first-order chi connectivity index (χ1) is 16.5. The molecule has 4 aromatic rings. The van der Waals surface area contributed by atoms with Crippen LogP contribution < -0.4 is 4.90 Å². The van der Waals surface area contributed by atoms with Crippen LogP contribution in [0.1, 0.15) is 23.2 Å². The predicted molar refractivity (Wildman–Crippen MR) is 135 cm³/mol. The van der Waals surface area contributed by atoms with Crippen molar-refractivity contribution >= 4 is 5.69 Å². The van der Waals surface area contributed by atoms with E-state index >= 15 is 0 Å². The van der Waals surface area contributed by atoms with Gasteiger partial charge < -0.3 is 14.4 Å². The van der Waals surface area contributed by atoms with Gasteiger partial charge in [0.2, 0.25) is 0 Å². The molecule has 6 rings (SSSR count). The Bertz CT molecular complexity index is 1420. The number of nitriles is 1. The highest BCUT2D eigenvalue weighted by Crippen LogP contribution is 2.36. The highest BCUT2D eigenvalue weighted by atomic mass is 15.2. The van der Waals surface area contributed by atoms with Gasteiger partial charge in [-0.3, -0.25) is 4.57 Å². The number of aryl methyl sites for hydroxylation is 1. The molecule has 0 saturated carbocycles. The summed E-state index contributed by atoms with van der Waals surface area (Å²) in [5.41, 5.74) is 8.97. The van der Waals surface area contributed by atoms with E-state index < -0.39 is 0 Å². The Balaban J connectivity index is 1.43. The van der Waals surface area contributed by atoms with Crippen molar-refractivity contribution < 1.29 is 0 Å². The fraction of sp³-hybridized carbons (Fsp3) is 0.286. The Kier molecular flexibility index (Phi) is 4.82. The fourth-order valence-corrected chi connectivity index (χ4v) is 5.34. The van der Waals surface area contributed by atoms with Crippen molar-refractivity contribution in [1.82, 2.24) is 19.0 Å². The minimum atomic E-state index is 0.604. The van der Waals surface area contributed by atoms with Gasteiger partial charge in [0.15, 0.2) is 5.82 Å². The molecule has 1 saturated heterocycles. The minimum absolute atomic E-state index is 0.604. The summed E-state index contributed by atoms with van der Waals surface area (Å²) < 4.78 is 4.60. The number of hydrogen-bond donors (Lipinski definition) is 0.